The van der Waals surface area contributed by atoms with E-state index in [-0.39, 0.29) is 11.7 Å². The van der Waals surface area contributed by atoms with Crippen LogP contribution in [0.1, 0.15) is 24.2 Å². The first-order valence-corrected chi connectivity index (χ1v) is 6.52. The van der Waals surface area contributed by atoms with Gasteiger partial charge in [0.25, 0.3) is 11.5 Å². The number of H-pyrrole nitrogens is 1. The van der Waals surface area contributed by atoms with E-state index in [9.17, 15) is 9.59 Å². The number of hydrogen-bond acceptors (Lipinski definition) is 4. The number of carbonyl (C=O) groups is 1. The average Bonchev–Trinajstić information content (AvgIpc) is 2.46. The van der Waals surface area contributed by atoms with Gasteiger partial charge in [0.2, 0.25) is 0 Å². The fourth-order valence-electron chi connectivity index (χ4n) is 1.88. The van der Waals surface area contributed by atoms with Crippen LogP contribution in [0.2, 0.25) is 0 Å². The molecule has 0 aliphatic heterocycles. The van der Waals surface area contributed by atoms with Crippen LogP contribution in [-0.2, 0) is 0 Å². The van der Waals surface area contributed by atoms with Crippen LogP contribution in [0.4, 0.5) is 0 Å². The summed E-state index contributed by atoms with van der Waals surface area (Å²) >= 11 is 0. The van der Waals surface area contributed by atoms with Gasteiger partial charge in [-0.15, -0.1) is 0 Å². The second kappa shape index (κ2) is 6.23. The molecule has 1 amide bonds. The van der Waals surface area contributed by atoms with Crippen molar-refractivity contribution >= 4 is 5.91 Å². The Morgan fingerprint density at radius 1 is 1.19 bits per heavy atom. The van der Waals surface area contributed by atoms with Crippen LogP contribution in [0.5, 0.6) is 5.75 Å². The first-order valence-electron chi connectivity index (χ1n) is 6.52. The van der Waals surface area contributed by atoms with Crippen molar-refractivity contribution in [2.45, 2.75) is 20.0 Å². The number of nitrogen functional groups attached to an aromatic ring is 1. The Labute approximate surface area is 121 Å². The zero-order valence-electron chi connectivity index (χ0n) is 11.8. The van der Waals surface area contributed by atoms with Gasteiger partial charge in [-0.1, -0.05) is 0 Å². The van der Waals surface area contributed by atoms with Gasteiger partial charge in [-0.25, -0.2) is 5.84 Å². The van der Waals surface area contributed by atoms with Crippen molar-refractivity contribution in [2.24, 2.45) is 5.84 Å². The Morgan fingerprint density at radius 2 is 1.86 bits per heavy atom. The van der Waals surface area contributed by atoms with Crippen molar-refractivity contribution in [3.63, 3.8) is 0 Å². The number of nitrogens with one attached hydrogen (secondary N) is 2. The SMILES string of the molecule is CC(C)Oc1ccc(-c2ccc(C(=O)NN)c(=O)[nH]2)cc1. The first kappa shape index (κ1) is 14.8. The van der Waals surface area contributed by atoms with Crippen molar-refractivity contribution in [3.8, 4) is 17.0 Å². The molecule has 0 spiro atoms. The number of aromatic amines is 1. The highest BCUT2D eigenvalue weighted by atomic mass is 16.5. The van der Waals surface area contributed by atoms with Crippen molar-refractivity contribution in [3.05, 3.63) is 52.3 Å². The number of aromatic nitrogens is 1. The number of hydrogen-bond donors (Lipinski definition) is 3. The summed E-state index contributed by atoms with van der Waals surface area (Å²) in [5, 5.41) is 0. The van der Waals surface area contributed by atoms with Gasteiger partial charge >= 0.3 is 0 Å². The standard InChI is InChI=1S/C15H17N3O3/c1-9(2)21-11-5-3-10(4-6-11)13-8-7-12(14(19)17-13)15(20)18-16/h3-9H,16H2,1-2H3,(H,17,19)(H,18,20). The number of rotatable bonds is 4. The quantitative estimate of drug-likeness (QED) is 0.450. The average molecular weight is 287 g/mol. The summed E-state index contributed by atoms with van der Waals surface area (Å²) in [7, 11) is 0. The summed E-state index contributed by atoms with van der Waals surface area (Å²) in [5.74, 6) is 5.15. The number of benzene rings is 1. The summed E-state index contributed by atoms with van der Waals surface area (Å²) in [4.78, 5) is 25.8. The fraction of sp³-hybridized carbons (Fsp3) is 0.200. The van der Waals surface area contributed by atoms with E-state index in [4.69, 9.17) is 10.6 Å². The molecule has 6 nitrogen and oxygen atoms in total. The number of amides is 1. The Balaban J connectivity index is 2.28. The molecular weight excluding hydrogens is 270 g/mol. The van der Waals surface area contributed by atoms with Crippen LogP contribution in [0.3, 0.4) is 0 Å². The molecule has 2 aromatic rings. The van der Waals surface area contributed by atoms with Crippen molar-refractivity contribution in [1.82, 2.24) is 10.4 Å². The molecule has 0 unspecified atom stereocenters. The van der Waals surface area contributed by atoms with E-state index in [1.54, 1.807) is 6.07 Å². The molecule has 2 rings (SSSR count). The predicted octanol–water partition coefficient (Wildman–Crippen LogP) is 1.43. The molecule has 0 bridgehead atoms. The highest BCUT2D eigenvalue weighted by Crippen LogP contribution is 2.20. The van der Waals surface area contributed by atoms with Crippen molar-refractivity contribution < 1.29 is 9.53 Å². The van der Waals surface area contributed by atoms with Gasteiger partial charge in [0, 0.05) is 5.69 Å². The number of nitrogens with two attached hydrogens (primary N) is 1. The number of hydrazine groups is 1. The van der Waals surface area contributed by atoms with Gasteiger partial charge in [0.1, 0.15) is 11.3 Å². The predicted molar refractivity (Wildman–Crippen MR) is 79.9 cm³/mol. The van der Waals surface area contributed by atoms with Gasteiger partial charge in [-0.3, -0.25) is 15.0 Å². The van der Waals surface area contributed by atoms with Crippen LogP contribution in [0.25, 0.3) is 11.3 Å². The van der Waals surface area contributed by atoms with E-state index in [1.807, 2.05) is 43.5 Å². The largest absolute Gasteiger partial charge is 0.491 e. The van der Waals surface area contributed by atoms with Crippen molar-refractivity contribution in [2.75, 3.05) is 0 Å². The Bertz CT molecular complexity index is 690. The second-order valence-corrected chi connectivity index (χ2v) is 4.78. The Hall–Kier alpha value is -2.60. The fourth-order valence-corrected chi connectivity index (χ4v) is 1.88. The molecule has 0 saturated heterocycles. The van der Waals surface area contributed by atoms with Gasteiger partial charge in [0.05, 0.1) is 6.10 Å². The Morgan fingerprint density at radius 3 is 2.38 bits per heavy atom. The molecule has 6 heteroatoms. The van der Waals surface area contributed by atoms with E-state index in [1.165, 1.54) is 6.07 Å². The minimum Gasteiger partial charge on any atom is -0.491 e. The van der Waals surface area contributed by atoms with Gasteiger partial charge in [-0.05, 0) is 55.8 Å². The number of pyridine rings is 1. The van der Waals surface area contributed by atoms with Crippen molar-refractivity contribution in [1.29, 1.82) is 0 Å². The van der Waals surface area contributed by atoms with E-state index in [0.717, 1.165) is 11.3 Å². The Kier molecular flexibility index (Phi) is 4.39. The molecule has 0 fully saturated rings. The molecule has 0 aliphatic rings. The highest BCUT2D eigenvalue weighted by Gasteiger charge is 2.10. The third-order valence-electron chi connectivity index (χ3n) is 2.82. The molecule has 0 saturated carbocycles. The summed E-state index contributed by atoms with van der Waals surface area (Å²) in [6, 6.07) is 10.4. The monoisotopic (exact) mass is 287 g/mol. The minimum absolute atomic E-state index is 0.0268. The first-order chi connectivity index (χ1) is 10.0. The van der Waals surface area contributed by atoms with Crippen LogP contribution >= 0.6 is 0 Å². The van der Waals surface area contributed by atoms with Crippen LogP contribution in [0, 0.1) is 0 Å². The third kappa shape index (κ3) is 3.49. The highest BCUT2D eigenvalue weighted by molar-refractivity contribution is 5.93. The summed E-state index contributed by atoms with van der Waals surface area (Å²) in [5.41, 5.74) is 2.85. The van der Waals surface area contributed by atoms with E-state index < -0.39 is 11.5 Å². The van der Waals surface area contributed by atoms with Gasteiger partial charge < -0.3 is 9.72 Å². The number of carbonyl (C=O) groups excluding carboxylic acids is 1. The molecule has 110 valence electrons. The van der Waals surface area contributed by atoms with Crippen LogP contribution < -0.4 is 21.6 Å². The smallest absolute Gasteiger partial charge is 0.270 e. The maximum Gasteiger partial charge on any atom is 0.270 e. The van der Waals surface area contributed by atoms with Crippen LogP contribution in [-0.4, -0.2) is 17.0 Å². The van der Waals surface area contributed by atoms with E-state index >= 15 is 0 Å². The molecule has 21 heavy (non-hydrogen) atoms. The minimum atomic E-state index is -0.622. The van der Waals surface area contributed by atoms with Gasteiger partial charge in [0.15, 0.2) is 0 Å². The lowest BCUT2D eigenvalue weighted by Crippen LogP contribution is -2.34. The maximum atomic E-state index is 11.8. The molecule has 4 N–H and O–H groups in total. The molecule has 0 atom stereocenters. The molecular formula is C15H17N3O3. The summed E-state index contributed by atoms with van der Waals surface area (Å²) < 4.78 is 5.56. The topological polar surface area (TPSA) is 97.2 Å². The lowest BCUT2D eigenvalue weighted by molar-refractivity contribution is 0.0952. The lowest BCUT2D eigenvalue weighted by Gasteiger charge is -2.10. The molecule has 0 radical (unpaired) electrons. The summed E-state index contributed by atoms with van der Waals surface area (Å²) in [6.45, 7) is 3.90. The van der Waals surface area contributed by atoms with Crippen LogP contribution in [0.15, 0.2) is 41.2 Å². The second-order valence-electron chi connectivity index (χ2n) is 4.78. The van der Waals surface area contributed by atoms with E-state index in [0.29, 0.717) is 5.69 Å². The number of ether oxygens (including phenoxy) is 1. The molecule has 1 aromatic carbocycles. The summed E-state index contributed by atoms with van der Waals surface area (Å²) in [6.07, 6.45) is 0.102. The zero-order chi connectivity index (χ0) is 15.4. The zero-order valence-corrected chi connectivity index (χ0v) is 11.8. The third-order valence-corrected chi connectivity index (χ3v) is 2.82. The maximum absolute atomic E-state index is 11.8. The van der Waals surface area contributed by atoms with Gasteiger partial charge in [-0.2, -0.15) is 0 Å². The molecule has 1 aromatic heterocycles. The molecule has 0 aliphatic carbocycles. The molecule has 1 heterocycles. The lowest BCUT2D eigenvalue weighted by atomic mass is 10.1. The van der Waals surface area contributed by atoms with E-state index in [2.05, 4.69) is 4.98 Å². The normalized spacial score (nSPS) is 10.5.